The lowest BCUT2D eigenvalue weighted by molar-refractivity contribution is -0.146. The maximum absolute atomic E-state index is 12.0. The fraction of sp³-hybridized carbons (Fsp3) is 0.562. The number of esters is 1. The minimum atomic E-state index is -0.264. The van der Waals surface area contributed by atoms with Gasteiger partial charge in [-0.2, -0.15) is 0 Å². The second-order valence-electron chi connectivity index (χ2n) is 5.82. The van der Waals surface area contributed by atoms with Crippen LogP contribution in [0.25, 0.3) is 10.2 Å². The van der Waals surface area contributed by atoms with Crippen LogP contribution < -0.4 is 0 Å². The summed E-state index contributed by atoms with van der Waals surface area (Å²) in [5.41, 5.74) is 1.40. The molecule has 3 rings (SSSR count). The SMILES string of the molecule is CC(C)OC(=O)[C@@H](C)Sc1ncnc2sc3c(c12)CCCC3. The molecule has 0 aliphatic heterocycles. The van der Waals surface area contributed by atoms with Gasteiger partial charge in [-0.1, -0.05) is 11.8 Å². The van der Waals surface area contributed by atoms with Gasteiger partial charge in [0.2, 0.25) is 0 Å². The number of hydrogen-bond donors (Lipinski definition) is 0. The van der Waals surface area contributed by atoms with Gasteiger partial charge in [-0.05, 0) is 52.0 Å². The Hall–Kier alpha value is -1.14. The van der Waals surface area contributed by atoms with Crippen molar-refractivity contribution in [3.8, 4) is 0 Å². The molecule has 0 saturated heterocycles. The first-order chi connectivity index (χ1) is 10.6. The smallest absolute Gasteiger partial charge is 0.319 e. The van der Waals surface area contributed by atoms with Crippen LogP contribution in [0, 0.1) is 0 Å². The minimum absolute atomic E-state index is 0.0881. The summed E-state index contributed by atoms with van der Waals surface area (Å²) in [6, 6.07) is 0. The molecular formula is C16H20N2O2S2. The van der Waals surface area contributed by atoms with E-state index in [4.69, 9.17) is 4.74 Å². The van der Waals surface area contributed by atoms with E-state index in [1.54, 1.807) is 17.7 Å². The molecule has 1 aliphatic rings. The van der Waals surface area contributed by atoms with Crippen molar-refractivity contribution in [2.75, 3.05) is 0 Å². The third-order valence-corrected chi connectivity index (χ3v) is 5.97. The standard InChI is InChI=1S/C16H20N2O2S2/c1-9(2)20-16(19)10(3)21-14-13-11-6-4-5-7-12(11)22-15(13)18-8-17-14/h8-10H,4-7H2,1-3H3/t10-/m1/s1. The van der Waals surface area contributed by atoms with Crippen LogP contribution in [-0.4, -0.2) is 27.3 Å². The Balaban J connectivity index is 1.90. The van der Waals surface area contributed by atoms with E-state index in [9.17, 15) is 4.79 Å². The predicted octanol–water partition coefficient (Wildman–Crippen LogP) is 4.00. The molecule has 0 bridgehead atoms. The number of thioether (sulfide) groups is 1. The zero-order valence-corrected chi connectivity index (χ0v) is 14.7. The summed E-state index contributed by atoms with van der Waals surface area (Å²) >= 11 is 3.26. The van der Waals surface area contributed by atoms with Crippen molar-refractivity contribution in [1.29, 1.82) is 0 Å². The van der Waals surface area contributed by atoms with Gasteiger partial charge in [0, 0.05) is 10.3 Å². The fourth-order valence-electron chi connectivity index (χ4n) is 2.69. The maximum Gasteiger partial charge on any atom is 0.319 e. The van der Waals surface area contributed by atoms with Crippen LogP contribution in [0.3, 0.4) is 0 Å². The number of aryl methyl sites for hydroxylation is 2. The van der Waals surface area contributed by atoms with E-state index in [0.717, 1.165) is 28.1 Å². The molecule has 0 radical (unpaired) electrons. The van der Waals surface area contributed by atoms with Crippen LogP contribution in [0.5, 0.6) is 0 Å². The second kappa shape index (κ2) is 6.54. The first kappa shape index (κ1) is 15.7. The quantitative estimate of drug-likeness (QED) is 0.480. The van der Waals surface area contributed by atoms with Crippen LogP contribution in [0.15, 0.2) is 11.4 Å². The number of aromatic nitrogens is 2. The van der Waals surface area contributed by atoms with Crippen molar-refractivity contribution in [2.24, 2.45) is 0 Å². The monoisotopic (exact) mass is 336 g/mol. The molecule has 0 amide bonds. The third kappa shape index (κ3) is 3.13. The highest BCUT2D eigenvalue weighted by atomic mass is 32.2. The van der Waals surface area contributed by atoms with E-state index in [0.29, 0.717) is 0 Å². The molecule has 0 saturated carbocycles. The molecule has 0 fully saturated rings. The molecule has 6 heteroatoms. The summed E-state index contributed by atoms with van der Waals surface area (Å²) < 4.78 is 5.29. The van der Waals surface area contributed by atoms with Crippen LogP contribution >= 0.6 is 23.1 Å². The fourth-order valence-corrected chi connectivity index (χ4v) is 4.92. The molecule has 2 heterocycles. The number of thiophene rings is 1. The van der Waals surface area contributed by atoms with Gasteiger partial charge in [0.25, 0.3) is 0 Å². The largest absolute Gasteiger partial charge is 0.462 e. The van der Waals surface area contributed by atoms with E-state index < -0.39 is 0 Å². The predicted molar refractivity (Wildman–Crippen MR) is 90.6 cm³/mol. The zero-order chi connectivity index (χ0) is 15.7. The number of rotatable bonds is 4. The Labute approximate surface area is 138 Å². The third-order valence-electron chi connectivity index (χ3n) is 3.69. The summed E-state index contributed by atoms with van der Waals surface area (Å²) in [4.78, 5) is 23.4. The molecule has 4 nitrogen and oxygen atoms in total. The summed E-state index contributed by atoms with van der Waals surface area (Å²) in [6.45, 7) is 5.61. The number of fused-ring (bicyclic) bond motifs is 3. The summed E-state index contributed by atoms with van der Waals surface area (Å²) in [6.07, 6.45) is 6.24. The van der Waals surface area contributed by atoms with Crippen molar-refractivity contribution in [3.05, 3.63) is 16.8 Å². The van der Waals surface area contributed by atoms with Gasteiger partial charge in [0.1, 0.15) is 21.4 Å². The molecule has 0 spiro atoms. The highest BCUT2D eigenvalue weighted by Gasteiger charge is 2.23. The lowest BCUT2D eigenvalue weighted by Gasteiger charge is -2.14. The minimum Gasteiger partial charge on any atom is -0.462 e. The van der Waals surface area contributed by atoms with E-state index in [-0.39, 0.29) is 17.3 Å². The van der Waals surface area contributed by atoms with Gasteiger partial charge in [-0.25, -0.2) is 9.97 Å². The molecule has 118 valence electrons. The first-order valence-electron chi connectivity index (χ1n) is 7.68. The van der Waals surface area contributed by atoms with Gasteiger partial charge in [-0.3, -0.25) is 4.79 Å². The zero-order valence-electron chi connectivity index (χ0n) is 13.1. The number of carbonyl (C=O) groups is 1. The van der Waals surface area contributed by atoms with Gasteiger partial charge in [-0.15, -0.1) is 11.3 Å². The average Bonchev–Trinajstić information content (AvgIpc) is 2.85. The molecule has 1 atom stereocenters. The summed E-state index contributed by atoms with van der Waals surface area (Å²) in [5.74, 6) is -0.184. The Morgan fingerprint density at radius 3 is 2.82 bits per heavy atom. The molecule has 2 aromatic rings. The highest BCUT2D eigenvalue weighted by molar-refractivity contribution is 8.00. The molecular weight excluding hydrogens is 316 g/mol. The molecule has 0 unspecified atom stereocenters. The van der Waals surface area contributed by atoms with Gasteiger partial charge >= 0.3 is 5.97 Å². The number of ether oxygens (including phenoxy) is 1. The lowest BCUT2D eigenvalue weighted by Crippen LogP contribution is -2.20. The number of hydrogen-bond acceptors (Lipinski definition) is 6. The van der Waals surface area contributed by atoms with E-state index in [2.05, 4.69) is 9.97 Å². The Bertz CT molecular complexity index is 697. The maximum atomic E-state index is 12.0. The Morgan fingerprint density at radius 1 is 1.27 bits per heavy atom. The normalized spacial score (nSPS) is 15.8. The molecule has 0 N–H and O–H groups in total. The Kier molecular flexibility index (Phi) is 4.68. The molecule has 2 aromatic heterocycles. The van der Waals surface area contributed by atoms with E-state index >= 15 is 0 Å². The van der Waals surface area contributed by atoms with Crippen LogP contribution in [-0.2, 0) is 22.4 Å². The topological polar surface area (TPSA) is 52.1 Å². The molecule has 1 aliphatic carbocycles. The van der Waals surface area contributed by atoms with Crippen molar-refractivity contribution >= 4 is 39.3 Å². The van der Waals surface area contributed by atoms with Crippen LogP contribution in [0.4, 0.5) is 0 Å². The molecule has 0 aromatic carbocycles. The van der Waals surface area contributed by atoms with Gasteiger partial charge < -0.3 is 4.74 Å². The van der Waals surface area contributed by atoms with Crippen molar-refractivity contribution < 1.29 is 9.53 Å². The first-order valence-corrected chi connectivity index (χ1v) is 9.38. The summed E-state index contributed by atoms with van der Waals surface area (Å²) in [7, 11) is 0. The second-order valence-corrected chi connectivity index (χ2v) is 8.23. The van der Waals surface area contributed by atoms with Gasteiger partial charge in [0.15, 0.2) is 0 Å². The van der Waals surface area contributed by atoms with E-state index in [1.807, 2.05) is 20.8 Å². The number of nitrogens with zero attached hydrogens (tertiary/aromatic N) is 2. The molecule has 22 heavy (non-hydrogen) atoms. The van der Waals surface area contributed by atoms with Crippen LogP contribution in [0.1, 0.15) is 44.1 Å². The average molecular weight is 336 g/mol. The van der Waals surface area contributed by atoms with Crippen molar-refractivity contribution in [1.82, 2.24) is 9.97 Å². The van der Waals surface area contributed by atoms with Gasteiger partial charge in [0.05, 0.1) is 6.10 Å². The van der Waals surface area contributed by atoms with Crippen molar-refractivity contribution in [2.45, 2.75) is 62.8 Å². The van der Waals surface area contributed by atoms with Crippen LogP contribution in [0.2, 0.25) is 0 Å². The Morgan fingerprint density at radius 2 is 2.05 bits per heavy atom. The van der Waals surface area contributed by atoms with E-state index in [1.165, 1.54) is 35.0 Å². The highest BCUT2D eigenvalue weighted by Crippen LogP contribution is 2.40. The lowest BCUT2D eigenvalue weighted by atomic mass is 9.97. The van der Waals surface area contributed by atoms with Crippen molar-refractivity contribution in [3.63, 3.8) is 0 Å². The summed E-state index contributed by atoms with van der Waals surface area (Å²) in [5, 5.41) is 1.81. The number of carbonyl (C=O) groups excluding carboxylic acids is 1.